The van der Waals surface area contributed by atoms with Crippen molar-refractivity contribution in [2.45, 2.75) is 46.2 Å². The van der Waals surface area contributed by atoms with Crippen LogP contribution in [-0.2, 0) is 16.1 Å². The molecule has 2 rings (SSSR count). The van der Waals surface area contributed by atoms with Gasteiger partial charge < -0.3 is 20.4 Å². The van der Waals surface area contributed by atoms with Gasteiger partial charge in [0.05, 0.1) is 6.54 Å². The van der Waals surface area contributed by atoms with Crippen LogP contribution in [-0.4, -0.2) is 57.1 Å². The summed E-state index contributed by atoms with van der Waals surface area (Å²) >= 11 is 0. The van der Waals surface area contributed by atoms with Gasteiger partial charge in [-0.2, -0.15) is 0 Å². The summed E-state index contributed by atoms with van der Waals surface area (Å²) in [6.07, 6.45) is 0. The summed E-state index contributed by atoms with van der Waals surface area (Å²) in [5.74, 6) is 0.392. The van der Waals surface area contributed by atoms with E-state index in [2.05, 4.69) is 48.7 Å². The van der Waals surface area contributed by atoms with Crippen molar-refractivity contribution >= 4 is 11.8 Å². The van der Waals surface area contributed by atoms with Gasteiger partial charge in [0.15, 0.2) is 6.54 Å². The van der Waals surface area contributed by atoms with Gasteiger partial charge in [-0.3, -0.25) is 9.59 Å². The average Bonchev–Trinajstić information content (AvgIpc) is 2.61. The molecule has 0 bridgehead atoms. The molecule has 0 aromatic heterocycles. The molecule has 1 aromatic carbocycles. The van der Waals surface area contributed by atoms with Gasteiger partial charge >= 0.3 is 0 Å². The number of carbonyl (C=O) groups excluding carboxylic acids is 2. The predicted octanol–water partition coefficient (Wildman–Crippen LogP) is -1.27. The van der Waals surface area contributed by atoms with Crippen LogP contribution in [0.5, 0.6) is 0 Å². The minimum atomic E-state index is -0.133. The molecule has 1 aromatic rings. The molecule has 1 saturated heterocycles. The zero-order chi connectivity index (χ0) is 19.8. The minimum Gasteiger partial charge on any atom is -0.352 e. The molecule has 0 atom stereocenters. The molecule has 1 aliphatic rings. The standard InChI is InChI=1S/C21H34N4O2/c1-16(2)19-7-5-18(6-8-19)14-24-9-11-25(12-10-24)15-21(27)22-13-20(26)23-17(3)4/h5-8,16-17H,9-15H2,1-4H3,(H,22,27)(H,23,26)/p+2. The second-order valence-corrected chi connectivity index (χ2v) is 8.25. The third kappa shape index (κ3) is 7.69. The van der Waals surface area contributed by atoms with Crippen molar-refractivity contribution in [2.24, 2.45) is 0 Å². The van der Waals surface area contributed by atoms with Crippen LogP contribution in [0.15, 0.2) is 24.3 Å². The number of hydrogen-bond donors (Lipinski definition) is 4. The van der Waals surface area contributed by atoms with Gasteiger partial charge in [-0.1, -0.05) is 38.1 Å². The van der Waals surface area contributed by atoms with Crippen molar-refractivity contribution in [1.29, 1.82) is 0 Å². The molecular formula is C21H36N4O2+2. The largest absolute Gasteiger partial charge is 0.352 e. The molecule has 6 nitrogen and oxygen atoms in total. The Hall–Kier alpha value is -1.92. The van der Waals surface area contributed by atoms with E-state index in [1.54, 1.807) is 4.90 Å². The van der Waals surface area contributed by atoms with E-state index in [9.17, 15) is 9.59 Å². The van der Waals surface area contributed by atoms with Crippen LogP contribution >= 0.6 is 0 Å². The number of quaternary nitrogens is 2. The van der Waals surface area contributed by atoms with Gasteiger partial charge in [-0.15, -0.1) is 0 Å². The second kappa shape index (κ2) is 10.4. The fraction of sp³-hybridized carbons (Fsp3) is 0.619. The summed E-state index contributed by atoms with van der Waals surface area (Å²) in [6.45, 7) is 13.9. The van der Waals surface area contributed by atoms with Crippen molar-refractivity contribution in [3.05, 3.63) is 35.4 Å². The Morgan fingerprint density at radius 1 is 0.926 bits per heavy atom. The Kier molecular flexibility index (Phi) is 8.25. The maximum Gasteiger partial charge on any atom is 0.275 e. The highest BCUT2D eigenvalue weighted by Crippen LogP contribution is 2.14. The van der Waals surface area contributed by atoms with Crippen LogP contribution in [0, 0.1) is 0 Å². The zero-order valence-electron chi connectivity index (χ0n) is 17.2. The summed E-state index contributed by atoms with van der Waals surface area (Å²) in [6, 6.07) is 9.06. The van der Waals surface area contributed by atoms with Crippen molar-refractivity contribution in [2.75, 3.05) is 39.3 Å². The van der Waals surface area contributed by atoms with E-state index in [-0.39, 0.29) is 24.4 Å². The molecule has 6 heteroatoms. The maximum absolute atomic E-state index is 12.0. The fourth-order valence-corrected chi connectivity index (χ4v) is 3.46. The number of rotatable bonds is 8. The fourth-order valence-electron chi connectivity index (χ4n) is 3.46. The van der Waals surface area contributed by atoms with Gasteiger partial charge in [-0.25, -0.2) is 0 Å². The van der Waals surface area contributed by atoms with Crippen LogP contribution in [0.2, 0.25) is 0 Å². The molecule has 0 aliphatic carbocycles. The normalized spacial score (nSPS) is 19.9. The van der Waals surface area contributed by atoms with E-state index in [1.165, 1.54) is 16.0 Å². The zero-order valence-corrected chi connectivity index (χ0v) is 17.2. The Labute approximate surface area is 163 Å². The lowest BCUT2D eigenvalue weighted by molar-refractivity contribution is -1.02. The maximum atomic E-state index is 12.0. The first-order chi connectivity index (χ1) is 12.8. The first-order valence-corrected chi connectivity index (χ1v) is 10.2. The molecular weight excluding hydrogens is 340 g/mol. The Bertz CT molecular complexity index is 605. The van der Waals surface area contributed by atoms with Gasteiger partial charge in [-0.05, 0) is 25.3 Å². The summed E-state index contributed by atoms with van der Waals surface area (Å²) in [4.78, 5) is 26.5. The number of amides is 2. The first kappa shape index (κ1) is 21.4. The number of hydrogen-bond acceptors (Lipinski definition) is 2. The molecule has 0 unspecified atom stereocenters. The van der Waals surface area contributed by atoms with E-state index < -0.39 is 0 Å². The monoisotopic (exact) mass is 376 g/mol. The van der Waals surface area contributed by atoms with E-state index in [1.807, 2.05) is 13.8 Å². The lowest BCUT2D eigenvalue weighted by Gasteiger charge is -2.29. The quantitative estimate of drug-likeness (QED) is 0.457. The molecule has 1 fully saturated rings. The summed E-state index contributed by atoms with van der Waals surface area (Å²) in [5.41, 5.74) is 2.77. The highest BCUT2D eigenvalue weighted by atomic mass is 16.2. The van der Waals surface area contributed by atoms with Gasteiger partial charge in [0.25, 0.3) is 5.91 Å². The number of benzene rings is 1. The van der Waals surface area contributed by atoms with Crippen molar-refractivity contribution in [1.82, 2.24) is 10.6 Å². The van der Waals surface area contributed by atoms with Gasteiger partial charge in [0.1, 0.15) is 32.7 Å². The minimum absolute atomic E-state index is 0.0448. The average molecular weight is 377 g/mol. The number of carbonyl (C=O) groups is 2. The summed E-state index contributed by atoms with van der Waals surface area (Å²) < 4.78 is 0. The van der Waals surface area contributed by atoms with Crippen molar-refractivity contribution in [3.63, 3.8) is 0 Å². The molecule has 0 spiro atoms. The molecule has 2 amide bonds. The van der Waals surface area contributed by atoms with Crippen LogP contribution in [0.4, 0.5) is 0 Å². The van der Waals surface area contributed by atoms with E-state index in [4.69, 9.17) is 0 Å². The molecule has 27 heavy (non-hydrogen) atoms. The molecule has 0 saturated carbocycles. The molecule has 0 radical (unpaired) electrons. The molecule has 150 valence electrons. The lowest BCUT2D eigenvalue weighted by Crippen LogP contribution is -3.28. The third-order valence-electron chi connectivity index (χ3n) is 5.07. The highest BCUT2D eigenvalue weighted by Gasteiger charge is 2.25. The summed E-state index contributed by atoms with van der Waals surface area (Å²) in [5, 5.41) is 5.50. The van der Waals surface area contributed by atoms with Crippen molar-refractivity contribution in [3.8, 4) is 0 Å². The molecule has 1 aliphatic heterocycles. The number of nitrogens with one attached hydrogen (secondary N) is 4. The van der Waals surface area contributed by atoms with Crippen LogP contribution in [0.25, 0.3) is 0 Å². The van der Waals surface area contributed by atoms with Crippen LogP contribution in [0.1, 0.15) is 44.7 Å². The predicted molar refractivity (Wildman–Crippen MR) is 107 cm³/mol. The van der Waals surface area contributed by atoms with Gasteiger partial charge in [0, 0.05) is 11.6 Å². The Morgan fingerprint density at radius 3 is 2.07 bits per heavy atom. The Balaban J connectivity index is 1.67. The Morgan fingerprint density at radius 2 is 1.52 bits per heavy atom. The molecule has 1 heterocycles. The van der Waals surface area contributed by atoms with E-state index in [0.717, 1.165) is 32.7 Å². The van der Waals surface area contributed by atoms with Gasteiger partial charge in [0.2, 0.25) is 5.91 Å². The van der Waals surface area contributed by atoms with Crippen LogP contribution < -0.4 is 20.4 Å². The third-order valence-corrected chi connectivity index (χ3v) is 5.07. The second-order valence-electron chi connectivity index (χ2n) is 8.25. The highest BCUT2D eigenvalue weighted by molar-refractivity contribution is 5.85. The van der Waals surface area contributed by atoms with E-state index in [0.29, 0.717) is 12.5 Å². The lowest BCUT2D eigenvalue weighted by atomic mass is 10.0. The van der Waals surface area contributed by atoms with E-state index >= 15 is 0 Å². The smallest absolute Gasteiger partial charge is 0.275 e. The van der Waals surface area contributed by atoms with Crippen molar-refractivity contribution < 1.29 is 19.4 Å². The first-order valence-electron chi connectivity index (χ1n) is 10.2. The SMILES string of the molecule is CC(C)NC(=O)CNC(=O)C[NH+]1CC[NH+](Cc2ccc(C(C)C)cc2)CC1. The summed E-state index contributed by atoms with van der Waals surface area (Å²) in [7, 11) is 0. The van der Waals surface area contributed by atoms with Crippen LogP contribution in [0.3, 0.4) is 0 Å². The topological polar surface area (TPSA) is 67.1 Å². The number of piperazine rings is 1. The molecule has 4 N–H and O–H groups in total.